The standard InChI is InChI=1S/C9H16N2O4/c1-6(12)10-3-2-9(15)11-4-7(13)8(14)5-11/h7-8,13-14H,2-5H2,1H3,(H,10,12). The van der Waals surface area contributed by atoms with E-state index in [1.165, 1.54) is 11.8 Å². The summed E-state index contributed by atoms with van der Waals surface area (Å²) in [6.45, 7) is 2.00. The monoisotopic (exact) mass is 216 g/mol. The van der Waals surface area contributed by atoms with Gasteiger partial charge in [0.25, 0.3) is 0 Å². The Bertz CT molecular complexity index is 246. The summed E-state index contributed by atoms with van der Waals surface area (Å²) in [5.41, 5.74) is 0. The highest BCUT2D eigenvalue weighted by Crippen LogP contribution is 2.10. The Balaban J connectivity index is 2.26. The maximum absolute atomic E-state index is 11.5. The van der Waals surface area contributed by atoms with Gasteiger partial charge in [0.05, 0.1) is 12.2 Å². The van der Waals surface area contributed by atoms with Crippen LogP contribution in [-0.4, -0.2) is 58.8 Å². The maximum atomic E-state index is 11.5. The van der Waals surface area contributed by atoms with Crippen LogP contribution in [0.3, 0.4) is 0 Å². The second-order valence-electron chi connectivity index (χ2n) is 3.67. The van der Waals surface area contributed by atoms with Gasteiger partial charge >= 0.3 is 0 Å². The van der Waals surface area contributed by atoms with E-state index in [0.29, 0.717) is 0 Å². The highest BCUT2D eigenvalue weighted by molar-refractivity contribution is 5.78. The van der Waals surface area contributed by atoms with Crippen LogP contribution in [-0.2, 0) is 9.59 Å². The van der Waals surface area contributed by atoms with Gasteiger partial charge < -0.3 is 20.4 Å². The van der Waals surface area contributed by atoms with Gasteiger partial charge in [-0.3, -0.25) is 9.59 Å². The summed E-state index contributed by atoms with van der Waals surface area (Å²) in [5.74, 6) is -0.344. The molecule has 0 radical (unpaired) electrons. The van der Waals surface area contributed by atoms with Crippen LogP contribution in [0.5, 0.6) is 0 Å². The number of carbonyl (C=O) groups is 2. The van der Waals surface area contributed by atoms with Crippen molar-refractivity contribution < 1.29 is 19.8 Å². The van der Waals surface area contributed by atoms with Crippen molar-refractivity contribution in [1.29, 1.82) is 0 Å². The van der Waals surface area contributed by atoms with Gasteiger partial charge in [0.15, 0.2) is 0 Å². The number of amides is 2. The Labute approximate surface area is 87.9 Å². The van der Waals surface area contributed by atoms with E-state index in [1.54, 1.807) is 0 Å². The van der Waals surface area contributed by atoms with Crippen LogP contribution >= 0.6 is 0 Å². The third kappa shape index (κ3) is 3.49. The summed E-state index contributed by atoms with van der Waals surface area (Å²) < 4.78 is 0. The first-order valence-corrected chi connectivity index (χ1v) is 4.89. The number of rotatable bonds is 3. The fourth-order valence-corrected chi connectivity index (χ4v) is 1.48. The molecule has 0 saturated carbocycles. The molecule has 2 unspecified atom stereocenters. The second kappa shape index (κ2) is 5.09. The quantitative estimate of drug-likeness (QED) is 0.513. The van der Waals surface area contributed by atoms with Gasteiger partial charge in [-0.2, -0.15) is 0 Å². The van der Waals surface area contributed by atoms with Gasteiger partial charge in [0.1, 0.15) is 0 Å². The van der Waals surface area contributed by atoms with Gasteiger partial charge in [-0.1, -0.05) is 0 Å². The summed E-state index contributed by atoms with van der Waals surface area (Å²) in [6.07, 6.45) is -1.51. The first-order chi connectivity index (χ1) is 7.00. The molecule has 1 saturated heterocycles. The Morgan fingerprint density at radius 1 is 1.33 bits per heavy atom. The molecule has 0 bridgehead atoms. The van der Waals surface area contributed by atoms with Crippen LogP contribution in [0.15, 0.2) is 0 Å². The smallest absolute Gasteiger partial charge is 0.224 e. The van der Waals surface area contributed by atoms with Gasteiger partial charge in [0.2, 0.25) is 11.8 Å². The minimum Gasteiger partial charge on any atom is -0.388 e. The summed E-state index contributed by atoms with van der Waals surface area (Å²) in [7, 11) is 0. The molecule has 1 heterocycles. The molecule has 1 aliphatic rings. The molecule has 0 spiro atoms. The molecular weight excluding hydrogens is 200 g/mol. The molecule has 6 heteroatoms. The Morgan fingerprint density at radius 2 is 1.87 bits per heavy atom. The lowest BCUT2D eigenvalue weighted by molar-refractivity contribution is -0.130. The zero-order chi connectivity index (χ0) is 11.4. The van der Waals surface area contributed by atoms with E-state index in [1.807, 2.05) is 0 Å². The molecule has 2 atom stereocenters. The lowest BCUT2D eigenvalue weighted by Gasteiger charge is -2.15. The molecule has 15 heavy (non-hydrogen) atoms. The van der Waals surface area contributed by atoms with E-state index in [-0.39, 0.29) is 37.9 Å². The highest BCUT2D eigenvalue weighted by Gasteiger charge is 2.31. The molecule has 1 rings (SSSR count). The number of β-amino-alcohol motifs (C(OH)–C–C–N with tert-alkyl or cyclic N) is 2. The van der Waals surface area contributed by atoms with Crippen molar-refractivity contribution in [3.8, 4) is 0 Å². The van der Waals surface area contributed by atoms with Crippen LogP contribution in [0.25, 0.3) is 0 Å². The van der Waals surface area contributed by atoms with Crippen molar-refractivity contribution in [2.24, 2.45) is 0 Å². The molecule has 0 aromatic carbocycles. The number of aliphatic hydroxyl groups excluding tert-OH is 2. The van der Waals surface area contributed by atoms with E-state index in [9.17, 15) is 19.8 Å². The number of hydrogen-bond donors (Lipinski definition) is 3. The van der Waals surface area contributed by atoms with Crippen LogP contribution in [0.1, 0.15) is 13.3 Å². The van der Waals surface area contributed by atoms with Gasteiger partial charge in [-0.05, 0) is 0 Å². The molecule has 0 aromatic heterocycles. The van der Waals surface area contributed by atoms with Gasteiger partial charge in [0, 0.05) is 33.0 Å². The number of nitrogens with one attached hydrogen (secondary N) is 1. The third-order valence-corrected chi connectivity index (χ3v) is 2.32. The average Bonchev–Trinajstić information content (AvgIpc) is 2.46. The summed E-state index contributed by atoms with van der Waals surface area (Å²) >= 11 is 0. The van der Waals surface area contributed by atoms with Crippen molar-refractivity contribution >= 4 is 11.8 Å². The molecule has 3 N–H and O–H groups in total. The molecule has 86 valence electrons. The summed E-state index contributed by atoms with van der Waals surface area (Å²) in [4.78, 5) is 23.4. The minimum atomic E-state index is -0.852. The lowest BCUT2D eigenvalue weighted by atomic mass is 10.3. The van der Waals surface area contributed by atoms with Crippen LogP contribution < -0.4 is 5.32 Å². The van der Waals surface area contributed by atoms with E-state index < -0.39 is 12.2 Å². The van der Waals surface area contributed by atoms with Gasteiger partial charge in [-0.25, -0.2) is 0 Å². The molecule has 0 aromatic rings. The fourth-order valence-electron chi connectivity index (χ4n) is 1.48. The van der Waals surface area contributed by atoms with Crippen molar-refractivity contribution in [2.75, 3.05) is 19.6 Å². The molecule has 1 aliphatic heterocycles. The first-order valence-electron chi connectivity index (χ1n) is 4.89. The number of likely N-dealkylation sites (tertiary alicyclic amines) is 1. The van der Waals surface area contributed by atoms with Crippen molar-refractivity contribution in [2.45, 2.75) is 25.6 Å². The Kier molecular flexibility index (Phi) is 4.05. The molecule has 6 nitrogen and oxygen atoms in total. The summed E-state index contributed by atoms with van der Waals surface area (Å²) in [6, 6.07) is 0. The normalized spacial score (nSPS) is 25.4. The van der Waals surface area contributed by atoms with E-state index in [0.717, 1.165) is 0 Å². The van der Waals surface area contributed by atoms with Crippen molar-refractivity contribution in [3.63, 3.8) is 0 Å². The van der Waals surface area contributed by atoms with E-state index in [4.69, 9.17) is 0 Å². The fraction of sp³-hybridized carbons (Fsp3) is 0.778. The maximum Gasteiger partial charge on any atom is 0.224 e. The Hall–Kier alpha value is -1.14. The highest BCUT2D eigenvalue weighted by atomic mass is 16.3. The number of aliphatic hydroxyl groups is 2. The zero-order valence-corrected chi connectivity index (χ0v) is 8.64. The first kappa shape index (κ1) is 11.9. The van der Waals surface area contributed by atoms with Crippen LogP contribution in [0.4, 0.5) is 0 Å². The predicted octanol–water partition coefficient (Wildman–Crippen LogP) is -1.92. The average molecular weight is 216 g/mol. The van der Waals surface area contributed by atoms with Crippen LogP contribution in [0.2, 0.25) is 0 Å². The zero-order valence-electron chi connectivity index (χ0n) is 8.64. The predicted molar refractivity (Wildman–Crippen MR) is 51.9 cm³/mol. The summed E-state index contributed by atoms with van der Waals surface area (Å²) in [5, 5.41) is 20.9. The topological polar surface area (TPSA) is 89.9 Å². The molecular formula is C9H16N2O4. The lowest BCUT2D eigenvalue weighted by Crippen LogP contribution is -2.33. The Morgan fingerprint density at radius 3 is 2.33 bits per heavy atom. The number of carbonyl (C=O) groups excluding carboxylic acids is 2. The van der Waals surface area contributed by atoms with Crippen molar-refractivity contribution in [3.05, 3.63) is 0 Å². The van der Waals surface area contributed by atoms with Crippen molar-refractivity contribution in [1.82, 2.24) is 10.2 Å². The molecule has 2 amide bonds. The number of hydrogen-bond acceptors (Lipinski definition) is 4. The molecule has 1 fully saturated rings. The van der Waals surface area contributed by atoms with E-state index in [2.05, 4.69) is 5.32 Å². The van der Waals surface area contributed by atoms with E-state index >= 15 is 0 Å². The number of nitrogens with zero attached hydrogens (tertiary/aromatic N) is 1. The largest absolute Gasteiger partial charge is 0.388 e. The van der Waals surface area contributed by atoms with Gasteiger partial charge in [-0.15, -0.1) is 0 Å². The molecule has 0 aliphatic carbocycles. The van der Waals surface area contributed by atoms with Crippen LogP contribution in [0, 0.1) is 0 Å². The third-order valence-electron chi connectivity index (χ3n) is 2.32. The SMILES string of the molecule is CC(=O)NCCC(=O)N1CC(O)C(O)C1. The minimum absolute atomic E-state index is 0.167. The second-order valence-corrected chi connectivity index (χ2v) is 3.67.